The summed E-state index contributed by atoms with van der Waals surface area (Å²) in [6.07, 6.45) is 0. The minimum atomic E-state index is -0.477. The molecule has 0 amide bonds. The van der Waals surface area contributed by atoms with E-state index < -0.39 is 4.92 Å². The van der Waals surface area contributed by atoms with Crippen molar-refractivity contribution in [3.63, 3.8) is 0 Å². The summed E-state index contributed by atoms with van der Waals surface area (Å²) in [5.41, 5.74) is 4.14. The molecule has 2 N–H and O–H groups in total. The Morgan fingerprint density at radius 2 is 1.72 bits per heavy atom. The van der Waals surface area contributed by atoms with Crippen molar-refractivity contribution in [2.75, 3.05) is 23.7 Å². The molecule has 0 saturated carbocycles. The van der Waals surface area contributed by atoms with Crippen molar-refractivity contribution in [3.8, 4) is 16.9 Å². The number of hydrogen-bond acceptors (Lipinski definition) is 6. The number of phenols is 1. The molecule has 4 aromatic rings. The van der Waals surface area contributed by atoms with Crippen LogP contribution >= 0.6 is 11.9 Å². The smallest absolute Gasteiger partial charge is 0.280 e. The second kappa shape index (κ2) is 8.80. The summed E-state index contributed by atoms with van der Waals surface area (Å²) in [6, 6.07) is 22.4. The van der Waals surface area contributed by atoms with Gasteiger partial charge in [0.2, 0.25) is 0 Å². The summed E-state index contributed by atoms with van der Waals surface area (Å²) in [5.74, 6) is -0.126. The Kier molecular flexibility index (Phi) is 5.92. The van der Waals surface area contributed by atoms with Gasteiger partial charge in [-0.3, -0.25) is 10.1 Å². The normalized spacial score (nSPS) is 10.8. The van der Waals surface area contributed by atoms with E-state index in [0.717, 1.165) is 21.7 Å². The quantitative estimate of drug-likeness (QED) is 0.197. The van der Waals surface area contributed by atoms with Gasteiger partial charge in [0.05, 0.1) is 16.6 Å². The maximum absolute atomic E-state index is 11.4. The maximum Gasteiger partial charge on any atom is 0.280 e. The summed E-state index contributed by atoms with van der Waals surface area (Å²) < 4.78 is 3.42. The summed E-state index contributed by atoms with van der Waals surface area (Å²) >= 11 is 1.54. The van der Waals surface area contributed by atoms with Gasteiger partial charge in [0.1, 0.15) is 5.75 Å². The van der Waals surface area contributed by atoms with E-state index in [1.807, 2.05) is 39.2 Å². The number of aryl methyl sites for hydroxylation is 1. The van der Waals surface area contributed by atoms with Gasteiger partial charge in [0, 0.05) is 35.8 Å². The van der Waals surface area contributed by atoms with Crippen molar-refractivity contribution in [1.29, 1.82) is 0 Å². The highest BCUT2D eigenvalue weighted by Crippen LogP contribution is 2.37. The molecule has 0 fully saturated rings. The predicted octanol–water partition coefficient (Wildman–Crippen LogP) is 6.61. The van der Waals surface area contributed by atoms with Crippen molar-refractivity contribution in [2.24, 2.45) is 0 Å². The second-order valence-electron chi connectivity index (χ2n) is 7.72. The van der Waals surface area contributed by atoms with E-state index in [1.165, 1.54) is 40.5 Å². The third-order valence-corrected chi connectivity index (χ3v) is 6.23. The number of nitro groups is 1. The van der Waals surface area contributed by atoms with Crippen LogP contribution in [0.5, 0.6) is 5.75 Å². The van der Waals surface area contributed by atoms with Crippen molar-refractivity contribution >= 4 is 39.8 Å². The number of nitrogens with zero attached hydrogens (tertiary/aromatic N) is 2. The zero-order valence-corrected chi connectivity index (χ0v) is 18.8. The van der Waals surface area contributed by atoms with E-state index >= 15 is 0 Å². The molecule has 0 bridgehead atoms. The van der Waals surface area contributed by atoms with E-state index in [9.17, 15) is 15.2 Å². The van der Waals surface area contributed by atoms with Crippen LogP contribution in [0.3, 0.4) is 0 Å². The van der Waals surface area contributed by atoms with Crippen LogP contribution in [-0.2, 0) is 0 Å². The Labute approximate surface area is 190 Å². The lowest BCUT2D eigenvalue weighted by molar-refractivity contribution is -0.384. The molecule has 162 valence electrons. The van der Waals surface area contributed by atoms with Gasteiger partial charge in [-0.05, 0) is 71.8 Å². The van der Waals surface area contributed by atoms with Crippen LogP contribution in [0.1, 0.15) is 5.56 Å². The first-order valence-electron chi connectivity index (χ1n) is 10.1. The van der Waals surface area contributed by atoms with Crippen LogP contribution in [0.2, 0.25) is 0 Å². The highest BCUT2D eigenvalue weighted by molar-refractivity contribution is 8.00. The third kappa shape index (κ3) is 4.20. The Bertz CT molecular complexity index is 1320. The Morgan fingerprint density at radius 1 is 0.969 bits per heavy atom. The number of hydrogen-bond donors (Lipinski definition) is 2. The van der Waals surface area contributed by atoms with E-state index in [4.69, 9.17) is 0 Å². The zero-order valence-electron chi connectivity index (χ0n) is 18.0. The number of aromatic hydroxyl groups is 1. The fourth-order valence-corrected chi connectivity index (χ4v) is 4.60. The fourth-order valence-electron chi connectivity index (χ4n) is 3.71. The molecule has 4 aromatic carbocycles. The number of benzene rings is 4. The number of nitrogens with one attached hydrogen (secondary N) is 1. The average molecular weight is 446 g/mol. The molecule has 0 aliphatic heterocycles. The first-order chi connectivity index (χ1) is 15.3. The molecule has 7 heteroatoms. The molecule has 0 aliphatic rings. The highest BCUT2D eigenvalue weighted by atomic mass is 32.2. The maximum atomic E-state index is 11.4. The molecule has 0 spiro atoms. The number of anilines is 2. The molecule has 6 nitrogen and oxygen atoms in total. The van der Waals surface area contributed by atoms with Gasteiger partial charge in [-0.2, -0.15) is 0 Å². The second-order valence-corrected chi connectivity index (χ2v) is 8.56. The molecule has 0 aromatic heterocycles. The summed E-state index contributed by atoms with van der Waals surface area (Å²) in [5, 5.41) is 23.4. The van der Waals surface area contributed by atoms with Gasteiger partial charge in [-0.15, -0.1) is 0 Å². The van der Waals surface area contributed by atoms with Crippen LogP contribution in [0.25, 0.3) is 21.9 Å². The molecule has 0 aliphatic carbocycles. The third-order valence-electron chi connectivity index (χ3n) is 5.33. The predicted molar refractivity (Wildman–Crippen MR) is 133 cm³/mol. The standard InChI is InChI=1S/C25H23N3O3S/c1-16-14-17(19-12-11-18(29)15-24(19)28(30)31)10-13-22(16)26-32-25-9-5-6-20-21(25)7-4-8-23(20)27(2)3/h4-15,26,29H,1-3H3. The summed E-state index contributed by atoms with van der Waals surface area (Å²) in [7, 11) is 4.08. The molecule has 0 radical (unpaired) electrons. The first kappa shape index (κ1) is 21.5. The lowest BCUT2D eigenvalue weighted by atomic mass is 10.0. The van der Waals surface area contributed by atoms with Crippen molar-refractivity contribution in [2.45, 2.75) is 11.8 Å². The van der Waals surface area contributed by atoms with Gasteiger partial charge < -0.3 is 14.7 Å². The minimum Gasteiger partial charge on any atom is -0.508 e. The van der Waals surface area contributed by atoms with E-state index in [-0.39, 0.29) is 11.4 Å². The van der Waals surface area contributed by atoms with Crippen molar-refractivity contribution in [1.82, 2.24) is 0 Å². The SMILES string of the molecule is Cc1cc(-c2ccc(O)cc2[N+](=O)[O-])ccc1NSc1cccc2c(N(C)C)cccc12. The Morgan fingerprint density at radius 3 is 2.44 bits per heavy atom. The highest BCUT2D eigenvalue weighted by Gasteiger charge is 2.17. The van der Waals surface area contributed by atoms with Crippen LogP contribution in [-0.4, -0.2) is 24.1 Å². The molecule has 4 rings (SSSR count). The van der Waals surface area contributed by atoms with Gasteiger partial charge in [-0.1, -0.05) is 30.3 Å². The van der Waals surface area contributed by atoms with Crippen LogP contribution in [0, 0.1) is 17.0 Å². The lowest BCUT2D eigenvalue weighted by Crippen LogP contribution is -2.08. The van der Waals surface area contributed by atoms with E-state index in [0.29, 0.717) is 5.56 Å². The van der Waals surface area contributed by atoms with E-state index in [2.05, 4.69) is 46.0 Å². The van der Waals surface area contributed by atoms with Crippen molar-refractivity contribution < 1.29 is 10.0 Å². The molecular formula is C25H23N3O3S. The largest absolute Gasteiger partial charge is 0.508 e. The minimum absolute atomic E-state index is 0.119. The average Bonchev–Trinajstić information content (AvgIpc) is 2.77. The topological polar surface area (TPSA) is 78.6 Å². The van der Waals surface area contributed by atoms with Gasteiger partial charge in [-0.25, -0.2) is 0 Å². The fraction of sp³-hybridized carbons (Fsp3) is 0.120. The monoisotopic (exact) mass is 445 g/mol. The van der Waals surface area contributed by atoms with Gasteiger partial charge in [0.25, 0.3) is 5.69 Å². The number of nitro benzene ring substituents is 1. The molecular weight excluding hydrogens is 422 g/mol. The number of phenolic OH excluding ortho intramolecular Hbond substituents is 1. The first-order valence-corrected chi connectivity index (χ1v) is 10.9. The van der Waals surface area contributed by atoms with Gasteiger partial charge in [0.15, 0.2) is 0 Å². The van der Waals surface area contributed by atoms with Crippen LogP contribution < -0.4 is 9.62 Å². The molecule has 0 unspecified atom stereocenters. The number of fused-ring (bicyclic) bond motifs is 1. The lowest BCUT2D eigenvalue weighted by Gasteiger charge is -2.17. The zero-order chi connectivity index (χ0) is 22.8. The molecule has 32 heavy (non-hydrogen) atoms. The molecule has 0 atom stereocenters. The van der Waals surface area contributed by atoms with E-state index in [1.54, 1.807) is 6.07 Å². The van der Waals surface area contributed by atoms with Gasteiger partial charge >= 0.3 is 0 Å². The number of rotatable bonds is 6. The van der Waals surface area contributed by atoms with Crippen molar-refractivity contribution in [3.05, 3.63) is 88.5 Å². The van der Waals surface area contributed by atoms with Crippen LogP contribution in [0.15, 0.2) is 77.7 Å². The summed E-state index contributed by atoms with van der Waals surface area (Å²) in [4.78, 5) is 14.2. The Hall–Kier alpha value is -3.71. The van der Waals surface area contributed by atoms with Crippen LogP contribution in [0.4, 0.5) is 17.1 Å². The Balaban J connectivity index is 1.62. The summed E-state index contributed by atoms with van der Waals surface area (Å²) in [6.45, 7) is 1.96. The molecule has 0 heterocycles. The molecule has 0 saturated heterocycles.